The van der Waals surface area contributed by atoms with Gasteiger partial charge in [0.05, 0.1) is 17.5 Å². The van der Waals surface area contributed by atoms with Gasteiger partial charge in [0.2, 0.25) is 0 Å². The van der Waals surface area contributed by atoms with Crippen LogP contribution in [0.2, 0.25) is 0 Å². The van der Waals surface area contributed by atoms with Crippen molar-refractivity contribution in [1.29, 1.82) is 0 Å². The third-order valence-corrected chi connectivity index (χ3v) is 5.71. The highest BCUT2D eigenvalue weighted by Crippen LogP contribution is 2.41. The van der Waals surface area contributed by atoms with Gasteiger partial charge in [0.1, 0.15) is 17.9 Å². The second-order valence-electron chi connectivity index (χ2n) is 7.51. The molecular weight excluding hydrogens is 354 g/mol. The predicted molar refractivity (Wildman–Crippen MR) is 111 cm³/mol. The summed E-state index contributed by atoms with van der Waals surface area (Å²) in [6.07, 6.45) is 3.93. The normalized spacial score (nSPS) is 18.2. The monoisotopic (exact) mass is 383 g/mol. The molecule has 1 N–H and O–H groups in total. The highest BCUT2D eigenvalue weighted by atomic mass is 16.6. The summed E-state index contributed by atoms with van der Waals surface area (Å²) in [6, 6.07) is 1.97. The van der Waals surface area contributed by atoms with Crippen molar-refractivity contribution >= 4 is 22.5 Å². The summed E-state index contributed by atoms with van der Waals surface area (Å²) in [5.41, 5.74) is 6.29. The van der Waals surface area contributed by atoms with Gasteiger partial charge in [-0.25, -0.2) is 0 Å². The molecule has 28 heavy (non-hydrogen) atoms. The molecule has 1 unspecified atom stereocenters. The van der Waals surface area contributed by atoms with Gasteiger partial charge in [-0.2, -0.15) is 0 Å². The van der Waals surface area contributed by atoms with Crippen LogP contribution in [0, 0.1) is 20.8 Å². The van der Waals surface area contributed by atoms with Crippen molar-refractivity contribution in [3.63, 3.8) is 0 Å². The van der Waals surface area contributed by atoms with Crippen molar-refractivity contribution in [2.45, 2.75) is 66.2 Å². The second-order valence-corrected chi connectivity index (χ2v) is 7.51. The van der Waals surface area contributed by atoms with E-state index in [4.69, 9.17) is 9.25 Å². The molecule has 1 heterocycles. The number of ketones is 1. The number of oxime groups is 1. The SMILES string of the molecule is CCC/C(=N\OCC)C1=C(O)CC(c2c(C)c(C)c3occc3c2C)CC1=O. The number of hydrogen-bond donors (Lipinski definition) is 1. The van der Waals surface area contributed by atoms with Gasteiger partial charge in [-0.05, 0) is 68.4 Å². The molecular formula is C23H29NO4. The van der Waals surface area contributed by atoms with Gasteiger partial charge in [-0.3, -0.25) is 4.79 Å². The summed E-state index contributed by atoms with van der Waals surface area (Å²) >= 11 is 0. The van der Waals surface area contributed by atoms with Crippen LogP contribution in [0.4, 0.5) is 0 Å². The molecule has 2 aromatic rings. The summed E-state index contributed by atoms with van der Waals surface area (Å²) in [7, 11) is 0. The van der Waals surface area contributed by atoms with E-state index in [0.29, 0.717) is 37.2 Å². The predicted octanol–water partition coefficient (Wildman–Crippen LogP) is 5.81. The fourth-order valence-electron chi connectivity index (χ4n) is 4.33. The Kier molecular flexibility index (Phi) is 5.92. The number of benzene rings is 1. The fraction of sp³-hybridized carbons (Fsp3) is 0.478. The molecule has 0 bridgehead atoms. The molecule has 1 aromatic heterocycles. The van der Waals surface area contributed by atoms with Crippen molar-refractivity contribution in [2.75, 3.05) is 6.61 Å². The summed E-state index contributed by atoms with van der Waals surface area (Å²) in [5.74, 6) is 0.00511. The zero-order chi connectivity index (χ0) is 20.4. The second kappa shape index (κ2) is 8.21. The van der Waals surface area contributed by atoms with Crippen molar-refractivity contribution in [1.82, 2.24) is 0 Å². The number of aliphatic hydroxyl groups excluding tert-OH is 1. The molecule has 0 fully saturated rings. The van der Waals surface area contributed by atoms with Crippen LogP contribution < -0.4 is 0 Å². The first-order valence-corrected chi connectivity index (χ1v) is 10.0. The number of allylic oxidation sites excluding steroid dienone is 2. The molecule has 1 aliphatic carbocycles. The number of Topliss-reactive ketones (excluding diaryl/α,β-unsaturated/α-hetero) is 1. The zero-order valence-corrected chi connectivity index (χ0v) is 17.4. The summed E-state index contributed by atoms with van der Waals surface area (Å²) in [4.78, 5) is 18.2. The van der Waals surface area contributed by atoms with Crippen LogP contribution in [0.5, 0.6) is 0 Å². The van der Waals surface area contributed by atoms with E-state index < -0.39 is 0 Å². The average Bonchev–Trinajstić information content (AvgIpc) is 3.14. The molecule has 0 radical (unpaired) electrons. The Hall–Kier alpha value is -2.56. The number of carbonyl (C=O) groups is 1. The number of furan rings is 1. The zero-order valence-electron chi connectivity index (χ0n) is 17.4. The molecule has 150 valence electrons. The summed E-state index contributed by atoms with van der Waals surface area (Å²) < 4.78 is 5.65. The van der Waals surface area contributed by atoms with Crippen molar-refractivity contribution < 1.29 is 19.2 Å². The van der Waals surface area contributed by atoms with Crippen LogP contribution in [0.1, 0.15) is 67.7 Å². The molecule has 5 heteroatoms. The number of aliphatic hydroxyl groups is 1. The molecule has 3 rings (SSSR count). The van der Waals surface area contributed by atoms with Crippen LogP contribution in [0.25, 0.3) is 11.0 Å². The van der Waals surface area contributed by atoms with E-state index in [9.17, 15) is 9.90 Å². The van der Waals surface area contributed by atoms with Crippen LogP contribution in [0.3, 0.4) is 0 Å². The maximum atomic E-state index is 13.0. The lowest BCUT2D eigenvalue weighted by atomic mass is 9.76. The van der Waals surface area contributed by atoms with Crippen molar-refractivity contribution in [3.05, 3.63) is 45.9 Å². The van der Waals surface area contributed by atoms with Crippen molar-refractivity contribution in [2.24, 2.45) is 5.16 Å². The lowest BCUT2D eigenvalue weighted by Crippen LogP contribution is -2.25. The van der Waals surface area contributed by atoms with Crippen LogP contribution in [0.15, 0.2) is 33.2 Å². The van der Waals surface area contributed by atoms with E-state index in [1.807, 2.05) is 26.8 Å². The summed E-state index contributed by atoms with van der Waals surface area (Å²) in [5, 5.41) is 16.0. The van der Waals surface area contributed by atoms with Gasteiger partial charge in [0, 0.05) is 18.2 Å². The average molecular weight is 383 g/mol. The number of fused-ring (bicyclic) bond motifs is 1. The molecule has 1 aromatic carbocycles. The van der Waals surface area contributed by atoms with E-state index in [0.717, 1.165) is 39.6 Å². The molecule has 0 saturated heterocycles. The van der Waals surface area contributed by atoms with Gasteiger partial charge in [-0.15, -0.1) is 0 Å². The Morgan fingerprint density at radius 3 is 2.61 bits per heavy atom. The maximum absolute atomic E-state index is 13.0. The maximum Gasteiger partial charge on any atom is 0.168 e. The van der Waals surface area contributed by atoms with Crippen LogP contribution in [-0.2, 0) is 9.63 Å². The summed E-state index contributed by atoms with van der Waals surface area (Å²) in [6.45, 7) is 10.5. The molecule has 1 atom stereocenters. The van der Waals surface area contributed by atoms with Crippen molar-refractivity contribution in [3.8, 4) is 0 Å². The Labute approximate surface area is 166 Å². The van der Waals surface area contributed by atoms with E-state index >= 15 is 0 Å². The molecule has 0 saturated carbocycles. The smallest absolute Gasteiger partial charge is 0.168 e. The van der Waals surface area contributed by atoms with Crippen LogP contribution in [-0.4, -0.2) is 23.2 Å². The topological polar surface area (TPSA) is 72.0 Å². The third-order valence-electron chi connectivity index (χ3n) is 5.71. The Morgan fingerprint density at radius 2 is 1.96 bits per heavy atom. The fourth-order valence-corrected chi connectivity index (χ4v) is 4.33. The van der Waals surface area contributed by atoms with Gasteiger partial charge in [0.25, 0.3) is 0 Å². The Balaban J connectivity index is 2.04. The minimum atomic E-state index is -0.0654. The third kappa shape index (κ3) is 3.46. The Morgan fingerprint density at radius 1 is 1.21 bits per heavy atom. The first-order chi connectivity index (χ1) is 13.4. The van der Waals surface area contributed by atoms with Crippen LogP contribution >= 0.6 is 0 Å². The molecule has 1 aliphatic rings. The highest BCUT2D eigenvalue weighted by Gasteiger charge is 2.33. The standard InChI is InChI=1S/C23H29NO4/c1-6-8-18(24-28-7-2)22-19(25)11-16(12-20(22)26)21-13(3)14(4)23-17(15(21)5)9-10-27-23/h9-10,16,25H,6-8,11-12H2,1-5H3/b24-18+. The molecule has 0 spiro atoms. The van der Waals surface area contributed by atoms with E-state index in [1.54, 1.807) is 6.26 Å². The number of rotatable bonds is 6. The van der Waals surface area contributed by atoms with Gasteiger partial charge in [-0.1, -0.05) is 18.5 Å². The minimum Gasteiger partial charge on any atom is -0.511 e. The van der Waals surface area contributed by atoms with Gasteiger partial charge < -0.3 is 14.4 Å². The number of hydrogen-bond acceptors (Lipinski definition) is 5. The number of aryl methyl sites for hydroxylation is 2. The number of nitrogens with zero attached hydrogens (tertiary/aromatic N) is 1. The minimum absolute atomic E-state index is 0.0516. The first-order valence-electron chi connectivity index (χ1n) is 10.0. The lowest BCUT2D eigenvalue weighted by Gasteiger charge is -2.27. The largest absolute Gasteiger partial charge is 0.511 e. The van der Waals surface area contributed by atoms with E-state index in [-0.39, 0.29) is 17.5 Å². The highest BCUT2D eigenvalue weighted by molar-refractivity contribution is 6.23. The molecule has 0 aliphatic heterocycles. The Bertz CT molecular complexity index is 965. The molecule has 0 amide bonds. The quantitative estimate of drug-likeness (QED) is 0.505. The first kappa shape index (κ1) is 20.2. The van der Waals surface area contributed by atoms with E-state index in [2.05, 4.69) is 19.0 Å². The van der Waals surface area contributed by atoms with Gasteiger partial charge >= 0.3 is 0 Å². The van der Waals surface area contributed by atoms with Gasteiger partial charge in [0.15, 0.2) is 5.78 Å². The van der Waals surface area contributed by atoms with E-state index in [1.165, 1.54) is 0 Å². The molecule has 5 nitrogen and oxygen atoms in total. The lowest BCUT2D eigenvalue weighted by molar-refractivity contribution is -0.116. The number of carbonyl (C=O) groups excluding carboxylic acids is 1.